The summed E-state index contributed by atoms with van der Waals surface area (Å²) in [5.74, 6) is 1.10. The third-order valence-corrected chi connectivity index (χ3v) is 2.33. The number of rotatable bonds is 2. The zero-order valence-corrected chi connectivity index (χ0v) is 9.05. The summed E-state index contributed by atoms with van der Waals surface area (Å²) >= 11 is 0. The minimum atomic E-state index is 0.528. The zero-order chi connectivity index (χ0) is 11.7. The Morgan fingerprint density at radius 1 is 1.18 bits per heavy atom. The maximum atomic E-state index is 4.25. The second kappa shape index (κ2) is 3.78. The summed E-state index contributed by atoms with van der Waals surface area (Å²) in [4.78, 5) is 23.6. The predicted molar refractivity (Wildman–Crippen MR) is 62.3 cm³/mol. The lowest BCUT2D eigenvalue weighted by atomic mass is 10.2. The molecule has 0 unspecified atom stereocenters. The molecule has 0 aromatic carbocycles. The summed E-state index contributed by atoms with van der Waals surface area (Å²) in [5, 5.41) is 2.87. The van der Waals surface area contributed by atoms with E-state index in [0.717, 1.165) is 11.1 Å². The number of pyridine rings is 1. The van der Waals surface area contributed by atoms with Gasteiger partial charge in [0.15, 0.2) is 11.5 Å². The Hall–Kier alpha value is -2.57. The van der Waals surface area contributed by atoms with Crippen molar-refractivity contribution in [2.24, 2.45) is 0 Å². The van der Waals surface area contributed by atoms with Crippen LogP contribution in [0.3, 0.4) is 0 Å². The fraction of sp³-hybridized carbons (Fsp3) is 0.100. The van der Waals surface area contributed by atoms with Gasteiger partial charge >= 0.3 is 0 Å². The molecule has 0 aliphatic rings. The van der Waals surface area contributed by atoms with E-state index in [1.807, 2.05) is 6.07 Å². The molecule has 0 amide bonds. The molecule has 3 heterocycles. The first-order valence-electron chi connectivity index (χ1n) is 5.03. The lowest BCUT2D eigenvalue weighted by molar-refractivity contribution is 1.05. The van der Waals surface area contributed by atoms with Gasteiger partial charge in [-0.15, -0.1) is 0 Å². The number of hydrogen-bond donors (Lipinski definition) is 2. The number of nitrogens with zero attached hydrogens (tertiary/aromatic N) is 5. The Labute approximate surface area is 96.4 Å². The summed E-state index contributed by atoms with van der Waals surface area (Å²) in [7, 11) is 1.76. The molecule has 3 rings (SSSR count). The molecule has 7 heteroatoms. The van der Waals surface area contributed by atoms with Crippen LogP contribution in [0.4, 0.5) is 5.95 Å². The van der Waals surface area contributed by atoms with Gasteiger partial charge in [0.2, 0.25) is 5.95 Å². The summed E-state index contributed by atoms with van der Waals surface area (Å²) in [6.45, 7) is 0. The van der Waals surface area contributed by atoms with Crippen molar-refractivity contribution in [2.45, 2.75) is 0 Å². The molecule has 0 aliphatic heterocycles. The van der Waals surface area contributed by atoms with Crippen molar-refractivity contribution in [3.63, 3.8) is 0 Å². The summed E-state index contributed by atoms with van der Waals surface area (Å²) in [6, 6.07) is 1.91. The third-order valence-electron chi connectivity index (χ3n) is 2.33. The second-order valence-corrected chi connectivity index (χ2v) is 3.38. The maximum Gasteiger partial charge on any atom is 0.225 e. The van der Waals surface area contributed by atoms with Gasteiger partial charge in [-0.1, -0.05) is 0 Å². The fourth-order valence-corrected chi connectivity index (χ4v) is 1.51. The highest BCUT2D eigenvalue weighted by molar-refractivity contribution is 5.75. The van der Waals surface area contributed by atoms with Crippen molar-refractivity contribution in [3.8, 4) is 11.4 Å². The molecule has 2 N–H and O–H groups in total. The minimum absolute atomic E-state index is 0.528. The van der Waals surface area contributed by atoms with Crippen LogP contribution in [-0.2, 0) is 0 Å². The van der Waals surface area contributed by atoms with Gasteiger partial charge in [0.05, 0.1) is 11.8 Å². The SMILES string of the molecule is CNc1ncnc(-c2cnc3nc[nH]c3c2)n1. The van der Waals surface area contributed by atoms with Crippen LogP contribution in [0.2, 0.25) is 0 Å². The minimum Gasteiger partial charge on any atom is -0.357 e. The van der Waals surface area contributed by atoms with E-state index in [-0.39, 0.29) is 0 Å². The van der Waals surface area contributed by atoms with Crippen molar-refractivity contribution in [2.75, 3.05) is 12.4 Å². The molecular formula is C10H9N7. The number of fused-ring (bicyclic) bond motifs is 1. The van der Waals surface area contributed by atoms with E-state index < -0.39 is 0 Å². The zero-order valence-electron chi connectivity index (χ0n) is 9.05. The number of imidazole rings is 1. The Morgan fingerprint density at radius 2 is 2.12 bits per heavy atom. The van der Waals surface area contributed by atoms with Gasteiger partial charge in [-0.2, -0.15) is 4.98 Å². The molecular weight excluding hydrogens is 218 g/mol. The van der Waals surface area contributed by atoms with Gasteiger partial charge in [0.25, 0.3) is 0 Å². The highest BCUT2D eigenvalue weighted by Crippen LogP contribution is 2.17. The van der Waals surface area contributed by atoms with Gasteiger partial charge in [-0.3, -0.25) is 0 Å². The van der Waals surface area contributed by atoms with E-state index in [2.05, 4.69) is 35.2 Å². The monoisotopic (exact) mass is 227 g/mol. The van der Waals surface area contributed by atoms with E-state index in [0.29, 0.717) is 17.4 Å². The van der Waals surface area contributed by atoms with E-state index in [1.54, 1.807) is 19.6 Å². The second-order valence-electron chi connectivity index (χ2n) is 3.38. The number of nitrogens with one attached hydrogen (secondary N) is 2. The lowest BCUT2D eigenvalue weighted by Crippen LogP contribution is -1.99. The first-order chi connectivity index (χ1) is 8.36. The molecule has 0 aliphatic carbocycles. The van der Waals surface area contributed by atoms with E-state index in [1.165, 1.54) is 6.33 Å². The molecule has 3 aromatic heterocycles. The van der Waals surface area contributed by atoms with Gasteiger partial charge in [-0.25, -0.2) is 19.9 Å². The van der Waals surface area contributed by atoms with Crippen LogP contribution in [0.25, 0.3) is 22.6 Å². The Bertz CT molecular complexity index is 660. The van der Waals surface area contributed by atoms with Crippen LogP contribution in [0.15, 0.2) is 24.9 Å². The quantitative estimate of drug-likeness (QED) is 0.674. The number of aromatic nitrogens is 6. The van der Waals surface area contributed by atoms with Crippen LogP contribution in [0.5, 0.6) is 0 Å². The molecule has 0 saturated heterocycles. The lowest BCUT2D eigenvalue weighted by Gasteiger charge is -2.01. The van der Waals surface area contributed by atoms with Crippen molar-refractivity contribution < 1.29 is 0 Å². The summed E-state index contributed by atoms with van der Waals surface area (Å²) in [5.41, 5.74) is 2.35. The summed E-state index contributed by atoms with van der Waals surface area (Å²) in [6.07, 6.45) is 4.76. The molecule has 0 fully saturated rings. The molecule has 0 bridgehead atoms. The molecule has 84 valence electrons. The summed E-state index contributed by atoms with van der Waals surface area (Å²) < 4.78 is 0. The molecule has 3 aromatic rings. The van der Waals surface area contributed by atoms with Gasteiger partial charge < -0.3 is 10.3 Å². The van der Waals surface area contributed by atoms with Gasteiger partial charge in [-0.05, 0) is 6.07 Å². The first-order valence-corrected chi connectivity index (χ1v) is 5.03. The van der Waals surface area contributed by atoms with Crippen molar-refractivity contribution >= 4 is 17.1 Å². The smallest absolute Gasteiger partial charge is 0.225 e. The standard InChI is InChI=1S/C10H9N7/c1-11-10-16-5-14-8(17-10)6-2-7-9(12-3-6)15-4-13-7/h2-5H,1H3,(H,12,13,15)(H,11,14,16,17). The predicted octanol–water partition coefficient (Wildman–Crippen LogP) is 0.852. The van der Waals surface area contributed by atoms with E-state index in [9.17, 15) is 0 Å². The molecule has 7 nitrogen and oxygen atoms in total. The Morgan fingerprint density at radius 3 is 3.00 bits per heavy atom. The highest BCUT2D eigenvalue weighted by Gasteiger charge is 2.05. The van der Waals surface area contributed by atoms with Crippen molar-refractivity contribution in [3.05, 3.63) is 24.9 Å². The van der Waals surface area contributed by atoms with E-state index >= 15 is 0 Å². The van der Waals surface area contributed by atoms with Crippen LogP contribution >= 0.6 is 0 Å². The maximum absolute atomic E-state index is 4.25. The number of hydrogen-bond acceptors (Lipinski definition) is 6. The first kappa shape index (κ1) is 9.64. The average molecular weight is 227 g/mol. The van der Waals surface area contributed by atoms with E-state index in [4.69, 9.17) is 0 Å². The van der Waals surface area contributed by atoms with Crippen LogP contribution in [0.1, 0.15) is 0 Å². The normalized spacial score (nSPS) is 10.6. The van der Waals surface area contributed by atoms with Crippen molar-refractivity contribution in [1.82, 2.24) is 29.9 Å². The molecule has 0 atom stereocenters. The van der Waals surface area contributed by atoms with Crippen molar-refractivity contribution in [1.29, 1.82) is 0 Å². The highest BCUT2D eigenvalue weighted by atomic mass is 15.1. The van der Waals surface area contributed by atoms with Gasteiger partial charge in [0, 0.05) is 18.8 Å². The Kier molecular flexibility index (Phi) is 2.14. The average Bonchev–Trinajstić information content (AvgIpc) is 2.86. The third kappa shape index (κ3) is 1.67. The molecule has 17 heavy (non-hydrogen) atoms. The topological polar surface area (TPSA) is 92.3 Å². The number of H-pyrrole nitrogens is 1. The van der Waals surface area contributed by atoms with Gasteiger partial charge in [0.1, 0.15) is 6.33 Å². The van der Waals surface area contributed by atoms with Crippen LogP contribution in [0, 0.1) is 0 Å². The van der Waals surface area contributed by atoms with Crippen LogP contribution < -0.4 is 5.32 Å². The Balaban J connectivity index is 2.12. The number of aromatic amines is 1. The fourth-order valence-electron chi connectivity index (χ4n) is 1.51. The largest absolute Gasteiger partial charge is 0.357 e. The van der Waals surface area contributed by atoms with Crippen LogP contribution in [-0.4, -0.2) is 37.0 Å². The molecule has 0 radical (unpaired) electrons. The molecule has 0 saturated carbocycles. The number of anilines is 1. The molecule has 0 spiro atoms.